The smallest absolute Gasteiger partial charge is 0.260 e. The molecule has 0 aliphatic heterocycles. The second-order valence-corrected chi connectivity index (χ2v) is 6.14. The fourth-order valence-electron chi connectivity index (χ4n) is 1.85. The Labute approximate surface area is 132 Å². The van der Waals surface area contributed by atoms with E-state index in [1.165, 1.54) is 0 Å². The van der Waals surface area contributed by atoms with Crippen molar-refractivity contribution < 1.29 is 9.53 Å². The molecule has 0 fully saturated rings. The number of nitrogens with one attached hydrogen (secondary N) is 1. The molecular weight excluding hydrogens is 288 g/mol. The van der Waals surface area contributed by atoms with Crippen LogP contribution in [0, 0.1) is 5.92 Å². The van der Waals surface area contributed by atoms with Gasteiger partial charge in [0.1, 0.15) is 5.75 Å². The number of benzene rings is 1. The number of nitrogens with two attached hydrogens (primary N) is 1. The van der Waals surface area contributed by atoms with Gasteiger partial charge in [0.05, 0.1) is 0 Å². The number of hydrogen-bond acceptors (Lipinski definition) is 3. The van der Waals surface area contributed by atoms with Crippen molar-refractivity contribution in [2.75, 3.05) is 6.54 Å². The van der Waals surface area contributed by atoms with Crippen molar-refractivity contribution in [3.8, 4) is 5.75 Å². The Kier molecular flexibility index (Phi) is 6.99. The van der Waals surface area contributed by atoms with E-state index in [1.54, 1.807) is 25.1 Å². The van der Waals surface area contributed by atoms with Crippen LogP contribution in [0.5, 0.6) is 5.75 Å². The van der Waals surface area contributed by atoms with Crippen LogP contribution in [-0.4, -0.2) is 18.6 Å². The van der Waals surface area contributed by atoms with E-state index in [1.807, 2.05) is 6.92 Å². The van der Waals surface area contributed by atoms with Gasteiger partial charge in [-0.25, -0.2) is 0 Å². The molecule has 118 valence electrons. The summed E-state index contributed by atoms with van der Waals surface area (Å²) in [6.45, 7) is 8.48. The van der Waals surface area contributed by atoms with Gasteiger partial charge in [0, 0.05) is 23.2 Å². The van der Waals surface area contributed by atoms with Crippen molar-refractivity contribution in [3.05, 3.63) is 28.8 Å². The van der Waals surface area contributed by atoms with Crippen molar-refractivity contribution >= 4 is 17.5 Å². The van der Waals surface area contributed by atoms with E-state index in [4.69, 9.17) is 22.1 Å². The molecule has 0 saturated heterocycles. The molecule has 1 unspecified atom stereocenters. The van der Waals surface area contributed by atoms with E-state index in [2.05, 4.69) is 19.2 Å². The van der Waals surface area contributed by atoms with Crippen LogP contribution in [0.4, 0.5) is 0 Å². The first kappa shape index (κ1) is 17.8. The summed E-state index contributed by atoms with van der Waals surface area (Å²) >= 11 is 5.97. The molecule has 1 amide bonds. The lowest BCUT2D eigenvalue weighted by Gasteiger charge is -2.19. The minimum atomic E-state index is -0.573. The van der Waals surface area contributed by atoms with Gasteiger partial charge in [0.15, 0.2) is 6.10 Å². The van der Waals surface area contributed by atoms with Gasteiger partial charge < -0.3 is 15.8 Å². The van der Waals surface area contributed by atoms with Gasteiger partial charge in [-0.15, -0.1) is 0 Å². The molecule has 0 spiro atoms. The zero-order valence-corrected chi connectivity index (χ0v) is 13.9. The summed E-state index contributed by atoms with van der Waals surface area (Å²) in [5.74, 6) is 1.03. The zero-order valence-electron chi connectivity index (χ0n) is 13.2. The van der Waals surface area contributed by atoms with Crippen LogP contribution in [0.1, 0.15) is 45.7 Å². The van der Waals surface area contributed by atoms with Gasteiger partial charge in [0.2, 0.25) is 0 Å². The standard InChI is InChI=1S/C16H25ClN2O2/c1-10(2)7-8-19-16(20)12(4)21-15-6-5-13(17)9-14(15)11(3)18/h5-6,9-12H,7-8,18H2,1-4H3,(H,19,20)/t11-,12?/m1/s1. The molecule has 2 atom stereocenters. The van der Waals surface area contributed by atoms with E-state index >= 15 is 0 Å². The van der Waals surface area contributed by atoms with Gasteiger partial charge in [-0.05, 0) is 44.4 Å². The van der Waals surface area contributed by atoms with E-state index in [0.717, 1.165) is 12.0 Å². The predicted molar refractivity (Wildman–Crippen MR) is 86.6 cm³/mol. The SMILES string of the molecule is CC(C)CCNC(=O)C(C)Oc1ccc(Cl)cc1[C@@H](C)N. The third-order valence-corrected chi connectivity index (χ3v) is 3.39. The highest BCUT2D eigenvalue weighted by Gasteiger charge is 2.17. The first-order valence-corrected chi connectivity index (χ1v) is 7.68. The van der Waals surface area contributed by atoms with Crippen LogP contribution in [0.25, 0.3) is 0 Å². The van der Waals surface area contributed by atoms with E-state index in [0.29, 0.717) is 23.2 Å². The van der Waals surface area contributed by atoms with Crippen LogP contribution in [0.2, 0.25) is 5.02 Å². The van der Waals surface area contributed by atoms with Crippen LogP contribution >= 0.6 is 11.6 Å². The fraction of sp³-hybridized carbons (Fsp3) is 0.562. The number of rotatable bonds is 7. The molecule has 0 heterocycles. The molecule has 0 aromatic heterocycles. The van der Waals surface area contributed by atoms with Crippen molar-refractivity contribution in [1.82, 2.24) is 5.32 Å². The summed E-state index contributed by atoms with van der Waals surface area (Å²) in [4.78, 5) is 12.0. The third kappa shape index (κ3) is 5.94. The number of carbonyl (C=O) groups excluding carboxylic acids is 1. The molecule has 0 aliphatic rings. The normalized spacial score (nSPS) is 13.9. The van der Waals surface area contributed by atoms with Crippen molar-refractivity contribution in [3.63, 3.8) is 0 Å². The maximum absolute atomic E-state index is 12.0. The molecule has 5 heteroatoms. The summed E-state index contributed by atoms with van der Waals surface area (Å²) in [6, 6.07) is 5.03. The highest BCUT2D eigenvalue weighted by atomic mass is 35.5. The molecule has 1 rings (SSSR count). The average molecular weight is 313 g/mol. The molecule has 0 saturated carbocycles. The van der Waals surface area contributed by atoms with E-state index < -0.39 is 6.10 Å². The van der Waals surface area contributed by atoms with Crippen molar-refractivity contribution in [2.24, 2.45) is 11.7 Å². The monoisotopic (exact) mass is 312 g/mol. The quantitative estimate of drug-likeness (QED) is 0.812. The lowest BCUT2D eigenvalue weighted by molar-refractivity contribution is -0.127. The summed E-state index contributed by atoms with van der Waals surface area (Å²) in [6.07, 6.45) is 0.376. The topological polar surface area (TPSA) is 64.3 Å². The van der Waals surface area contributed by atoms with E-state index in [9.17, 15) is 4.79 Å². The maximum Gasteiger partial charge on any atom is 0.260 e. The summed E-state index contributed by atoms with van der Waals surface area (Å²) in [5, 5.41) is 3.47. The second kappa shape index (κ2) is 8.25. The van der Waals surface area contributed by atoms with Gasteiger partial charge in [-0.2, -0.15) is 0 Å². The van der Waals surface area contributed by atoms with Gasteiger partial charge in [-0.3, -0.25) is 4.79 Å². The highest BCUT2D eigenvalue weighted by molar-refractivity contribution is 6.30. The number of carbonyl (C=O) groups is 1. The van der Waals surface area contributed by atoms with Crippen molar-refractivity contribution in [1.29, 1.82) is 0 Å². The minimum absolute atomic E-state index is 0.124. The van der Waals surface area contributed by atoms with Gasteiger partial charge in [-0.1, -0.05) is 25.4 Å². The summed E-state index contributed by atoms with van der Waals surface area (Å²) < 4.78 is 5.73. The molecule has 1 aromatic carbocycles. The maximum atomic E-state index is 12.0. The largest absolute Gasteiger partial charge is 0.481 e. The van der Waals surface area contributed by atoms with Gasteiger partial charge in [0.25, 0.3) is 5.91 Å². The summed E-state index contributed by atoms with van der Waals surface area (Å²) in [7, 11) is 0. The fourth-order valence-corrected chi connectivity index (χ4v) is 2.03. The molecule has 0 radical (unpaired) electrons. The van der Waals surface area contributed by atoms with E-state index in [-0.39, 0.29) is 11.9 Å². The first-order valence-electron chi connectivity index (χ1n) is 7.30. The predicted octanol–water partition coefficient (Wildman–Crippen LogP) is 3.29. The average Bonchev–Trinajstić information content (AvgIpc) is 2.39. The number of hydrogen-bond donors (Lipinski definition) is 2. The molecule has 0 aliphatic carbocycles. The van der Waals surface area contributed by atoms with Crippen LogP contribution in [0.3, 0.4) is 0 Å². The lowest BCUT2D eigenvalue weighted by Crippen LogP contribution is -2.37. The highest BCUT2D eigenvalue weighted by Crippen LogP contribution is 2.28. The van der Waals surface area contributed by atoms with Crippen molar-refractivity contribution in [2.45, 2.75) is 46.3 Å². The Morgan fingerprint density at radius 1 is 1.33 bits per heavy atom. The zero-order chi connectivity index (χ0) is 16.0. The summed E-state index contributed by atoms with van der Waals surface area (Å²) in [5.41, 5.74) is 6.71. The molecule has 1 aromatic rings. The Morgan fingerprint density at radius 2 is 2.00 bits per heavy atom. The molecule has 0 bridgehead atoms. The number of amides is 1. The second-order valence-electron chi connectivity index (χ2n) is 5.70. The molecule has 3 N–H and O–H groups in total. The Hall–Kier alpha value is -1.26. The van der Waals surface area contributed by atoms with Crippen LogP contribution in [0.15, 0.2) is 18.2 Å². The van der Waals surface area contributed by atoms with Gasteiger partial charge >= 0.3 is 0 Å². The Bertz CT molecular complexity index is 475. The molecule has 4 nitrogen and oxygen atoms in total. The Balaban J connectivity index is 2.65. The minimum Gasteiger partial charge on any atom is -0.481 e. The number of halogens is 1. The van der Waals surface area contributed by atoms with Crippen LogP contribution < -0.4 is 15.8 Å². The number of ether oxygens (including phenoxy) is 1. The Morgan fingerprint density at radius 3 is 2.57 bits per heavy atom. The van der Waals surface area contributed by atoms with Crippen LogP contribution in [-0.2, 0) is 4.79 Å². The lowest BCUT2D eigenvalue weighted by atomic mass is 10.1. The first-order chi connectivity index (χ1) is 9.81. The molecular formula is C16H25ClN2O2. The molecule has 21 heavy (non-hydrogen) atoms. The third-order valence-electron chi connectivity index (χ3n) is 3.16.